The third-order valence-corrected chi connectivity index (χ3v) is 2.49. The molecule has 0 spiro atoms. The Kier molecular flexibility index (Phi) is 2.87. The summed E-state index contributed by atoms with van der Waals surface area (Å²) in [6.45, 7) is 0.851. The molecule has 0 unspecified atom stereocenters. The molecule has 1 fully saturated rings. The van der Waals surface area contributed by atoms with Gasteiger partial charge in [0, 0.05) is 20.7 Å². The molecule has 0 aromatic rings. The number of hydrogen-bond acceptors (Lipinski definition) is 3. The highest BCUT2D eigenvalue weighted by molar-refractivity contribution is 4.87. The number of hydrogen-bond donors (Lipinski definition) is 1. The summed E-state index contributed by atoms with van der Waals surface area (Å²) in [4.78, 5) is 0. The molecule has 0 aromatic carbocycles. The Bertz CT molecular complexity index is 119. The molecule has 0 atom stereocenters. The maximum atomic E-state index is 5.59. The van der Waals surface area contributed by atoms with E-state index in [9.17, 15) is 0 Å². The van der Waals surface area contributed by atoms with E-state index in [4.69, 9.17) is 10.6 Å². The maximum Gasteiger partial charge on any atom is 0.0818 e. The molecule has 11 heavy (non-hydrogen) atoms. The maximum absolute atomic E-state index is 5.59. The number of rotatable bonds is 3. The minimum atomic E-state index is 0.0590. The molecule has 66 valence electrons. The van der Waals surface area contributed by atoms with E-state index in [-0.39, 0.29) is 5.60 Å². The minimum absolute atomic E-state index is 0.0590. The van der Waals surface area contributed by atoms with Crippen LogP contribution in [0.25, 0.3) is 0 Å². The summed E-state index contributed by atoms with van der Waals surface area (Å²) >= 11 is 0. The van der Waals surface area contributed by atoms with E-state index in [1.165, 1.54) is 12.8 Å². The highest BCUT2D eigenvalue weighted by atomic mass is 16.5. The lowest BCUT2D eigenvalue weighted by molar-refractivity contribution is -0.0267. The molecular weight excluding hydrogens is 140 g/mol. The summed E-state index contributed by atoms with van der Waals surface area (Å²) in [5.41, 5.74) is 0.0590. The number of ether oxygens (including phenoxy) is 1. The average Bonchev–Trinajstić information content (AvgIpc) is 2.36. The van der Waals surface area contributed by atoms with E-state index in [2.05, 4.69) is 0 Å². The van der Waals surface area contributed by atoms with Gasteiger partial charge in [-0.3, -0.25) is 5.84 Å². The van der Waals surface area contributed by atoms with Gasteiger partial charge in [-0.15, -0.1) is 0 Å². The Balaban J connectivity index is 2.45. The summed E-state index contributed by atoms with van der Waals surface area (Å²) < 4.78 is 5.49. The first kappa shape index (κ1) is 8.97. The Labute approximate surface area is 68.5 Å². The quantitative estimate of drug-likeness (QED) is 0.486. The van der Waals surface area contributed by atoms with Crippen molar-refractivity contribution < 1.29 is 4.74 Å². The van der Waals surface area contributed by atoms with E-state index in [1.54, 1.807) is 12.1 Å². The van der Waals surface area contributed by atoms with E-state index < -0.39 is 0 Å². The van der Waals surface area contributed by atoms with Crippen molar-refractivity contribution in [2.45, 2.75) is 31.3 Å². The summed E-state index contributed by atoms with van der Waals surface area (Å²) in [5, 5.41) is 1.72. The van der Waals surface area contributed by atoms with Gasteiger partial charge in [0.2, 0.25) is 0 Å². The van der Waals surface area contributed by atoms with Crippen LogP contribution in [0.5, 0.6) is 0 Å². The van der Waals surface area contributed by atoms with Crippen LogP contribution < -0.4 is 5.84 Å². The predicted molar refractivity (Wildman–Crippen MR) is 45.0 cm³/mol. The minimum Gasteiger partial charge on any atom is -0.377 e. The molecule has 0 aliphatic heterocycles. The van der Waals surface area contributed by atoms with Crippen molar-refractivity contribution in [2.24, 2.45) is 5.84 Å². The van der Waals surface area contributed by atoms with Crippen molar-refractivity contribution in [3.05, 3.63) is 0 Å². The zero-order valence-corrected chi connectivity index (χ0v) is 7.47. The lowest BCUT2D eigenvalue weighted by Gasteiger charge is -2.30. The number of likely N-dealkylation sites (N-methyl/N-ethyl adjacent to an activating group) is 1. The fraction of sp³-hybridized carbons (Fsp3) is 1.00. The molecule has 3 heteroatoms. The molecular formula is C8H18N2O. The topological polar surface area (TPSA) is 38.5 Å². The van der Waals surface area contributed by atoms with E-state index in [1.807, 2.05) is 7.05 Å². The van der Waals surface area contributed by atoms with E-state index in [0.29, 0.717) is 0 Å². The van der Waals surface area contributed by atoms with E-state index in [0.717, 1.165) is 19.4 Å². The molecule has 1 aliphatic rings. The van der Waals surface area contributed by atoms with Crippen molar-refractivity contribution in [1.29, 1.82) is 0 Å². The molecule has 3 nitrogen and oxygen atoms in total. The van der Waals surface area contributed by atoms with Gasteiger partial charge in [-0.1, -0.05) is 12.8 Å². The van der Waals surface area contributed by atoms with Gasteiger partial charge in [-0.05, 0) is 12.8 Å². The van der Waals surface area contributed by atoms with Gasteiger partial charge in [-0.25, -0.2) is 5.01 Å². The van der Waals surface area contributed by atoms with Crippen LogP contribution in [0.4, 0.5) is 0 Å². The fourth-order valence-electron chi connectivity index (χ4n) is 1.90. The molecule has 1 saturated carbocycles. The number of nitrogens with two attached hydrogens (primary N) is 1. The third-order valence-electron chi connectivity index (χ3n) is 2.49. The molecule has 0 bridgehead atoms. The molecule has 2 N–H and O–H groups in total. The molecule has 0 radical (unpaired) electrons. The second-order valence-electron chi connectivity index (χ2n) is 3.51. The summed E-state index contributed by atoms with van der Waals surface area (Å²) in [7, 11) is 3.67. The standard InChI is InChI=1S/C8H18N2O/c1-10(9)7-8(11-2)5-3-4-6-8/h3-7,9H2,1-2H3. The van der Waals surface area contributed by atoms with Gasteiger partial charge in [0.1, 0.15) is 0 Å². The Morgan fingerprint density at radius 3 is 2.36 bits per heavy atom. The molecule has 0 aromatic heterocycles. The largest absolute Gasteiger partial charge is 0.377 e. The zero-order valence-electron chi connectivity index (χ0n) is 7.47. The van der Waals surface area contributed by atoms with Crippen LogP contribution in [-0.2, 0) is 4.74 Å². The fourth-order valence-corrected chi connectivity index (χ4v) is 1.90. The second-order valence-corrected chi connectivity index (χ2v) is 3.51. The van der Waals surface area contributed by atoms with Gasteiger partial charge in [0.05, 0.1) is 5.60 Å². The molecule has 1 rings (SSSR count). The Hall–Kier alpha value is -0.120. The highest BCUT2D eigenvalue weighted by Crippen LogP contribution is 2.32. The molecule has 1 aliphatic carbocycles. The first-order valence-electron chi connectivity index (χ1n) is 4.19. The van der Waals surface area contributed by atoms with Crippen LogP contribution in [0.15, 0.2) is 0 Å². The summed E-state index contributed by atoms with van der Waals surface area (Å²) in [6.07, 6.45) is 4.87. The van der Waals surface area contributed by atoms with Crippen LogP contribution >= 0.6 is 0 Å². The number of methoxy groups -OCH3 is 1. The number of hydrazine groups is 1. The monoisotopic (exact) mass is 158 g/mol. The van der Waals surface area contributed by atoms with Crippen molar-refractivity contribution >= 4 is 0 Å². The van der Waals surface area contributed by atoms with Gasteiger partial charge in [-0.2, -0.15) is 0 Å². The van der Waals surface area contributed by atoms with Gasteiger partial charge in [0.15, 0.2) is 0 Å². The first-order valence-corrected chi connectivity index (χ1v) is 4.19. The molecule has 0 amide bonds. The van der Waals surface area contributed by atoms with Crippen molar-refractivity contribution in [1.82, 2.24) is 5.01 Å². The van der Waals surface area contributed by atoms with Crippen LogP contribution in [-0.4, -0.2) is 31.3 Å². The van der Waals surface area contributed by atoms with Crippen molar-refractivity contribution in [3.63, 3.8) is 0 Å². The normalized spacial score (nSPS) is 22.9. The summed E-state index contributed by atoms with van der Waals surface area (Å²) in [6, 6.07) is 0. The zero-order chi connectivity index (χ0) is 8.32. The third kappa shape index (κ3) is 2.15. The van der Waals surface area contributed by atoms with Crippen LogP contribution in [0.1, 0.15) is 25.7 Å². The van der Waals surface area contributed by atoms with Gasteiger partial charge >= 0.3 is 0 Å². The van der Waals surface area contributed by atoms with Crippen molar-refractivity contribution in [3.8, 4) is 0 Å². The lowest BCUT2D eigenvalue weighted by atomic mass is 10.0. The second kappa shape index (κ2) is 3.52. The Morgan fingerprint density at radius 1 is 1.45 bits per heavy atom. The SMILES string of the molecule is COC1(CN(C)N)CCCC1. The number of nitrogens with zero attached hydrogens (tertiary/aromatic N) is 1. The molecule has 0 saturated heterocycles. The van der Waals surface area contributed by atoms with Gasteiger partial charge < -0.3 is 4.74 Å². The molecule has 0 heterocycles. The van der Waals surface area contributed by atoms with Gasteiger partial charge in [0.25, 0.3) is 0 Å². The van der Waals surface area contributed by atoms with Crippen LogP contribution in [0.2, 0.25) is 0 Å². The average molecular weight is 158 g/mol. The van der Waals surface area contributed by atoms with Crippen LogP contribution in [0, 0.1) is 0 Å². The van der Waals surface area contributed by atoms with E-state index >= 15 is 0 Å². The Morgan fingerprint density at radius 2 is 2.00 bits per heavy atom. The lowest BCUT2D eigenvalue weighted by Crippen LogP contribution is -2.43. The first-order chi connectivity index (χ1) is 5.18. The smallest absolute Gasteiger partial charge is 0.0818 e. The predicted octanol–water partition coefficient (Wildman–Crippen LogP) is 0.751. The van der Waals surface area contributed by atoms with Crippen LogP contribution in [0.3, 0.4) is 0 Å². The highest BCUT2D eigenvalue weighted by Gasteiger charge is 2.34. The van der Waals surface area contributed by atoms with Crippen molar-refractivity contribution in [2.75, 3.05) is 20.7 Å². The summed E-state index contributed by atoms with van der Waals surface area (Å²) in [5.74, 6) is 5.59.